The molecule has 24 heavy (non-hydrogen) atoms. The topological polar surface area (TPSA) is 83.1 Å². The van der Waals surface area contributed by atoms with Crippen LogP contribution in [0.15, 0.2) is 17.1 Å². The van der Waals surface area contributed by atoms with E-state index < -0.39 is 5.91 Å². The summed E-state index contributed by atoms with van der Waals surface area (Å²) in [4.78, 5) is 17.1. The highest BCUT2D eigenvalue weighted by atomic mass is 32.1. The van der Waals surface area contributed by atoms with Gasteiger partial charge in [-0.15, -0.1) is 11.3 Å². The Labute approximate surface area is 144 Å². The van der Waals surface area contributed by atoms with Crippen LogP contribution in [-0.4, -0.2) is 33.5 Å². The number of carbonyl (C=O) groups excluding carboxylic acids is 1. The molecule has 1 amide bonds. The van der Waals surface area contributed by atoms with Gasteiger partial charge in [0.05, 0.1) is 26.9 Å². The van der Waals surface area contributed by atoms with Crippen molar-refractivity contribution in [1.82, 2.24) is 0 Å². The number of nitrogens with two attached hydrogens (primary N) is 1. The Morgan fingerprint density at radius 1 is 1.12 bits per heavy atom. The van der Waals surface area contributed by atoms with Crippen LogP contribution in [0.25, 0.3) is 0 Å². The number of nitrogens with zero attached hydrogens (tertiary/aromatic N) is 1. The summed E-state index contributed by atoms with van der Waals surface area (Å²) in [6, 6.07) is 3.56. The van der Waals surface area contributed by atoms with Crippen LogP contribution in [0.5, 0.6) is 17.2 Å². The number of hydrogen-bond acceptors (Lipinski definition) is 6. The summed E-state index contributed by atoms with van der Waals surface area (Å²) in [5.41, 5.74) is 7.54. The lowest BCUT2D eigenvalue weighted by Gasteiger charge is -2.12. The molecule has 0 spiro atoms. The monoisotopic (exact) mass is 348 g/mol. The Morgan fingerprint density at radius 3 is 2.17 bits per heavy atom. The molecule has 1 aromatic heterocycles. The number of primary amides is 1. The van der Waals surface area contributed by atoms with E-state index in [9.17, 15) is 4.79 Å². The van der Waals surface area contributed by atoms with Gasteiger partial charge in [-0.3, -0.25) is 4.79 Å². The minimum absolute atomic E-state index is 0.459. The molecule has 0 saturated carbocycles. The van der Waals surface area contributed by atoms with Gasteiger partial charge in [0.1, 0.15) is 5.00 Å². The molecule has 0 atom stereocenters. The fourth-order valence-electron chi connectivity index (χ4n) is 2.30. The second-order valence-electron chi connectivity index (χ2n) is 5.04. The maximum atomic E-state index is 11.7. The van der Waals surface area contributed by atoms with Gasteiger partial charge in [-0.25, -0.2) is 4.99 Å². The number of ether oxygens (including phenoxy) is 3. The van der Waals surface area contributed by atoms with Crippen molar-refractivity contribution in [1.29, 1.82) is 0 Å². The summed E-state index contributed by atoms with van der Waals surface area (Å²) < 4.78 is 15.9. The van der Waals surface area contributed by atoms with Crippen molar-refractivity contribution in [3.8, 4) is 17.2 Å². The SMILES string of the molecule is COc1cc(/C=N/c2sc(C)c(C)c2C(N)=O)cc(OC)c1OC. The molecule has 0 unspecified atom stereocenters. The summed E-state index contributed by atoms with van der Waals surface area (Å²) in [5.74, 6) is 1.10. The fraction of sp³-hybridized carbons (Fsp3) is 0.294. The number of methoxy groups -OCH3 is 3. The van der Waals surface area contributed by atoms with E-state index in [0.29, 0.717) is 27.8 Å². The molecule has 0 bridgehead atoms. The normalized spacial score (nSPS) is 10.9. The zero-order chi connectivity index (χ0) is 17.9. The van der Waals surface area contributed by atoms with Gasteiger partial charge in [-0.2, -0.15) is 0 Å². The van der Waals surface area contributed by atoms with E-state index in [0.717, 1.165) is 16.0 Å². The first kappa shape index (κ1) is 17.8. The molecule has 128 valence electrons. The van der Waals surface area contributed by atoms with Crippen molar-refractivity contribution in [3.63, 3.8) is 0 Å². The van der Waals surface area contributed by atoms with Crippen LogP contribution < -0.4 is 19.9 Å². The molecule has 0 fully saturated rings. The van der Waals surface area contributed by atoms with Gasteiger partial charge in [0.2, 0.25) is 5.75 Å². The van der Waals surface area contributed by atoms with Crippen molar-refractivity contribution in [3.05, 3.63) is 33.7 Å². The third kappa shape index (κ3) is 3.35. The van der Waals surface area contributed by atoms with Gasteiger partial charge in [0.15, 0.2) is 11.5 Å². The smallest absolute Gasteiger partial charge is 0.252 e. The van der Waals surface area contributed by atoms with Crippen molar-refractivity contribution < 1.29 is 19.0 Å². The van der Waals surface area contributed by atoms with E-state index in [4.69, 9.17) is 19.9 Å². The van der Waals surface area contributed by atoms with E-state index >= 15 is 0 Å². The van der Waals surface area contributed by atoms with Gasteiger partial charge in [0.25, 0.3) is 5.91 Å². The third-order valence-electron chi connectivity index (χ3n) is 3.63. The highest BCUT2D eigenvalue weighted by Crippen LogP contribution is 2.38. The Kier molecular flexibility index (Phi) is 5.46. The molecule has 0 aliphatic carbocycles. The first-order valence-corrected chi connectivity index (χ1v) is 7.98. The number of hydrogen-bond donors (Lipinski definition) is 1. The zero-order valence-electron chi connectivity index (χ0n) is 14.3. The first-order chi connectivity index (χ1) is 11.4. The third-order valence-corrected chi connectivity index (χ3v) is 4.75. The van der Waals surface area contributed by atoms with Crippen LogP contribution >= 0.6 is 11.3 Å². The molecule has 2 N–H and O–H groups in total. The summed E-state index contributed by atoms with van der Waals surface area (Å²) in [5, 5.41) is 0.589. The average Bonchev–Trinajstić information content (AvgIpc) is 2.86. The number of aryl methyl sites for hydroxylation is 1. The van der Waals surface area contributed by atoms with Crippen LogP contribution in [0.3, 0.4) is 0 Å². The van der Waals surface area contributed by atoms with E-state index in [1.54, 1.807) is 39.7 Å². The number of carbonyl (C=O) groups is 1. The molecule has 2 rings (SSSR count). The number of amides is 1. The standard InChI is InChI=1S/C17H20N2O4S/c1-9-10(2)24-17(14(9)16(18)20)19-8-11-6-12(21-3)15(23-5)13(7-11)22-4/h6-8H,1-5H3,(H2,18,20)/b19-8+. The number of rotatable bonds is 6. The Hall–Kier alpha value is -2.54. The molecular formula is C17H20N2O4S. The molecule has 1 aromatic carbocycles. The first-order valence-electron chi connectivity index (χ1n) is 7.16. The highest BCUT2D eigenvalue weighted by molar-refractivity contribution is 7.16. The number of aliphatic imine (C=N–C) groups is 1. The van der Waals surface area contributed by atoms with Crippen molar-refractivity contribution in [2.45, 2.75) is 13.8 Å². The largest absolute Gasteiger partial charge is 0.493 e. The summed E-state index contributed by atoms with van der Waals surface area (Å²) in [6.45, 7) is 3.80. The number of thiophene rings is 1. The quantitative estimate of drug-likeness (QED) is 0.812. The number of benzene rings is 1. The molecule has 6 nitrogen and oxygen atoms in total. The van der Waals surface area contributed by atoms with Crippen LogP contribution in [-0.2, 0) is 0 Å². The zero-order valence-corrected chi connectivity index (χ0v) is 15.1. The van der Waals surface area contributed by atoms with Crippen molar-refractivity contribution >= 4 is 28.5 Å². The maximum Gasteiger partial charge on any atom is 0.252 e. The van der Waals surface area contributed by atoms with Gasteiger partial charge in [-0.1, -0.05) is 0 Å². The minimum atomic E-state index is -0.478. The van der Waals surface area contributed by atoms with Crippen LogP contribution in [0.2, 0.25) is 0 Å². The Balaban J connectivity index is 2.47. The van der Waals surface area contributed by atoms with Crippen molar-refractivity contribution in [2.24, 2.45) is 10.7 Å². The fourth-order valence-corrected chi connectivity index (χ4v) is 3.31. The molecular weight excluding hydrogens is 328 g/mol. The van der Waals surface area contributed by atoms with Crippen molar-refractivity contribution in [2.75, 3.05) is 21.3 Å². The van der Waals surface area contributed by atoms with E-state index in [2.05, 4.69) is 4.99 Å². The van der Waals surface area contributed by atoms with Crippen LogP contribution in [0.1, 0.15) is 26.4 Å². The molecule has 0 aliphatic rings. The molecule has 0 saturated heterocycles. The van der Waals surface area contributed by atoms with Gasteiger partial charge >= 0.3 is 0 Å². The highest BCUT2D eigenvalue weighted by Gasteiger charge is 2.17. The molecule has 7 heteroatoms. The summed E-state index contributed by atoms with van der Waals surface area (Å²) >= 11 is 1.43. The lowest BCUT2D eigenvalue weighted by molar-refractivity contribution is 0.100. The van der Waals surface area contributed by atoms with Crippen LogP contribution in [0, 0.1) is 13.8 Å². The Bertz CT molecular complexity index is 771. The summed E-state index contributed by atoms with van der Waals surface area (Å²) in [6.07, 6.45) is 1.64. The van der Waals surface area contributed by atoms with Gasteiger partial charge in [0, 0.05) is 16.7 Å². The van der Waals surface area contributed by atoms with Gasteiger partial charge in [-0.05, 0) is 31.5 Å². The molecule has 0 aliphatic heterocycles. The van der Waals surface area contributed by atoms with E-state index in [-0.39, 0.29) is 0 Å². The second-order valence-corrected chi connectivity index (χ2v) is 6.25. The lowest BCUT2D eigenvalue weighted by atomic mass is 10.1. The lowest BCUT2D eigenvalue weighted by Crippen LogP contribution is -2.11. The minimum Gasteiger partial charge on any atom is -0.493 e. The van der Waals surface area contributed by atoms with Gasteiger partial charge < -0.3 is 19.9 Å². The average molecular weight is 348 g/mol. The van der Waals surface area contributed by atoms with E-state index in [1.165, 1.54) is 11.3 Å². The second kappa shape index (κ2) is 7.35. The predicted molar refractivity (Wildman–Crippen MR) is 95.7 cm³/mol. The summed E-state index contributed by atoms with van der Waals surface area (Å²) in [7, 11) is 4.65. The van der Waals surface area contributed by atoms with Crippen LogP contribution in [0.4, 0.5) is 5.00 Å². The molecule has 2 aromatic rings. The predicted octanol–water partition coefficient (Wildman–Crippen LogP) is 3.24. The maximum absolute atomic E-state index is 11.7. The molecule has 0 radical (unpaired) electrons. The molecule has 1 heterocycles. The Morgan fingerprint density at radius 2 is 1.71 bits per heavy atom. The van der Waals surface area contributed by atoms with E-state index in [1.807, 2.05) is 13.8 Å².